The molecule has 0 unspecified atom stereocenters. The van der Waals surface area contributed by atoms with Crippen molar-refractivity contribution >= 4 is 0 Å². The number of methoxy groups -OCH3 is 1. The summed E-state index contributed by atoms with van der Waals surface area (Å²) >= 11 is 0. The highest BCUT2D eigenvalue weighted by molar-refractivity contribution is 5.77. The highest BCUT2D eigenvalue weighted by Gasteiger charge is 2.18. The molecule has 0 atom stereocenters. The van der Waals surface area contributed by atoms with Crippen molar-refractivity contribution < 1.29 is 9.47 Å². The van der Waals surface area contributed by atoms with Crippen molar-refractivity contribution in [3.05, 3.63) is 53.6 Å². The normalized spacial score (nSPS) is 11.2. The van der Waals surface area contributed by atoms with Gasteiger partial charge in [0.1, 0.15) is 5.75 Å². The van der Waals surface area contributed by atoms with Crippen LogP contribution >= 0.6 is 0 Å². The Bertz CT molecular complexity index is 589. The van der Waals surface area contributed by atoms with Gasteiger partial charge in [0.05, 0.1) is 0 Å². The Morgan fingerprint density at radius 3 is 1.95 bits per heavy atom. The molecule has 22 heavy (non-hydrogen) atoms. The monoisotopic (exact) mass is 298 g/mol. The maximum atomic E-state index is 5.79. The summed E-state index contributed by atoms with van der Waals surface area (Å²) in [5.41, 5.74) is 5.17. The van der Waals surface area contributed by atoms with E-state index in [1.54, 1.807) is 7.11 Å². The quantitative estimate of drug-likeness (QED) is 0.648. The van der Waals surface area contributed by atoms with Gasteiger partial charge in [-0.25, -0.2) is 0 Å². The van der Waals surface area contributed by atoms with Crippen LogP contribution in [0.1, 0.15) is 50.7 Å². The van der Waals surface area contributed by atoms with Crippen LogP contribution in [0, 0.1) is 0 Å². The van der Waals surface area contributed by atoms with Crippen molar-refractivity contribution in [3.8, 4) is 16.9 Å². The molecule has 0 saturated heterocycles. The zero-order valence-electron chi connectivity index (χ0n) is 14.2. The first-order valence-corrected chi connectivity index (χ1v) is 7.90. The number of hydrogen-bond acceptors (Lipinski definition) is 2. The van der Waals surface area contributed by atoms with E-state index >= 15 is 0 Å². The molecule has 2 nitrogen and oxygen atoms in total. The van der Waals surface area contributed by atoms with E-state index in [1.807, 2.05) is 12.1 Å². The maximum absolute atomic E-state index is 5.79. The fourth-order valence-electron chi connectivity index (χ4n) is 2.78. The van der Waals surface area contributed by atoms with E-state index in [0.717, 1.165) is 11.3 Å². The van der Waals surface area contributed by atoms with Crippen LogP contribution in [0.2, 0.25) is 0 Å². The molecule has 0 aliphatic carbocycles. The van der Waals surface area contributed by atoms with Crippen molar-refractivity contribution in [2.24, 2.45) is 0 Å². The zero-order valence-corrected chi connectivity index (χ0v) is 14.2. The summed E-state index contributed by atoms with van der Waals surface area (Å²) in [4.78, 5) is 0. The molecule has 2 aromatic carbocycles. The molecule has 118 valence electrons. The van der Waals surface area contributed by atoms with Gasteiger partial charge in [-0.1, -0.05) is 64.1 Å². The van der Waals surface area contributed by atoms with Crippen LogP contribution in [0.5, 0.6) is 5.75 Å². The van der Waals surface area contributed by atoms with E-state index in [4.69, 9.17) is 9.47 Å². The van der Waals surface area contributed by atoms with Gasteiger partial charge >= 0.3 is 0 Å². The van der Waals surface area contributed by atoms with Crippen LogP contribution in [0.3, 0.4) is 0 Å². The lowest BCUT2D eigenvalue weighted by molar-refractivity contribution is 0.0515. The van der Waals surface area contributed by atoms with Crippen molar-refractivity contribution in [2.75, 3.05) is 13.9 Å². The van der Waals surface area contributed by atoms with Crippen LogP contribution in [0.4, 0.5) is 0 Å². The SMILES string of the molecule is COCOc1ccccc1-c1c(C(C)C)cccc1C(C)C. The van der Waals surface area contributed by atoms with Crippen LogP contribution in [0.25, 0.3) is 11.1 Å². The lowest BCUT2D eigenvalue weighted by Crippen LogP contribution is -2.04. The third kappa shape index (κ3) is 3.50. The molecule has 0 aliphatic heterocycles. The van der Waals surface area contributed by atoms with Gasteiger partial charge in [-0.15, -0.1) is 0 Å². The first kappa shape index (κ1) is 16.6. The van der Waals surface area contributed by atoms with Crippen LogP contribution in [-0.4, -0.2) is 13.9 Å². The van der Waals surface area contributed by atoms with E-state index in [-0.39, 0.29) is 6.79 Å². The molecule has 0 saturated carbocycles. The Balaban J connectivity index is 2.65. The molecule has 0 aromatic heterocycles. The minimum Gasteiger partial charge on any atom is -0.467 e. The van der Waals surface area contributed by atoms with Crippen LogP contribution < -0.4 is 4.74 Å². The second-order valence-electron chi connectivity index (χ2n) is 6.17. The second-order valence-corrected chi connectivity index (χ2v) is 6.17. The lowest BCUT2D eigenvalue weighted by Gasteiger charge is -2.21. The molecule has 0 amide bonds. The Labute approximate surface area is 134 Å². The predicted octanol–water partition coefficient (Wildman–Crippen LogP) is 5.58. The van der Waals surface area contributed by atoms with Gasteiger partial charge < -0.3 is 9.47 Å². The zero-order chi connectivity index (χ0) is 16.1. The standard InChI is InChI=1S/C20H26O2/c1-14(2)16-10-8-11-17(15(3)4)20(16)18-9-6-7-12-19(18)22-13-21-5/h6-12,14-15H,13H2,1-5H3. The van der Waals surface area contributed by atoms with Crippen molar-refractivity contribution in [1.29, 1.82) is 0 Å². The first-order valence-electron chi connectivity index (χ1n) is 7.90. The van der Waals surface area contributed by atoms with Crippen molar-refractivity contribution in [3.63, 3.8) is 0 Å². The molecule has 0 radical (unpaired) electrons. The molecule has 0 bridgehead atoms. The van der Waals surface area contributed by atoms with E-state index in [1.165, 1.54) is 16.7 Å². The van der Waals surface area contributed by atoms with Crippen LogP contribution in [0.15, 0.2) is 42.5 Å². The first-order chi connectivity index (χ1) is 10.6. The Hall–Kier alpha value is -1.80. The fourth-order valence-corrected chi connectivity index (χ4v) is 2.78. The van der Waals surface area contributed by atoms with Gasteiger partial charge in [0.2, 0.25) is 0 Å². The summed E-state index contributed by atoms with van der Waals surface area (Å²) in [5, 5.41) is 0. The Kier molecular flexibility index (Phi) is 5.62. The summed E-state index contributed by atoms with van der Waals surface area (Å²) in [6.45, 7) is 9.21. The number of hydrogen-bond donors (Lipinski definition) is 0. The van der Waals surface area contributed by atoms with E-state index in [2.05, 4.69) is 58.0 Å². The molecule has 0 N–H and O–H groups in total. The highest BCUT2D eigenvalue weighted by atomic mass is 16.7. The van der Waals surface area contributed by atoms with Gasteiger partial charge in [-0.3, -0.25) is 0 Å². The maximum Gasteiger partial charge on any atom is 0.188 e. The van der Waals surface area contributed by atoms with E-state index in [0.29, 0.717) is 11.8 Å². The van der Waals surface area contributed by atoms with Gasteiger partial charge in [0.25, 0.3) is 0 Å². The van der Waals surface area contributed by atoms with E-state index < -0.39 is 0 Å². The minimum absolute atomic E-state index is 0.262. The second kappa shape index (κ2) is 7.46. The van der Waals surface area contributed by atoms with Crippen molar-refractivity contribution in [2.45, 2.75) is 39.5 Å². The van der Waals surface area contributed by atoms with E-state index in [9.17, 15) is 0 Å². The molecule has 0 spiro atoms. The average Bonchev–Trinajstić information content (AvgIpc) is 2.52. The average molecular weight is 298 g/mol. The minimum atomic E-state index is 0.262. The number of benzene rings is 2. The van der Waals surface area contributed by atoms with Crippen molar-refractivity contribution in [1.82, 2.24) is 0 Å². The highest BCUT2D eigenvalue weighted by Crippen LogP contribution is 2.40. The molecule has 0 aliphatic rings. The summed E-state index contributed by atoms with van der Waals surface area (Å²) in [5.74, 6) is 1.80. The summed E-state index contributed by atoms with van der Waals surface area (Å²) in [6.07, 6.45) is 0. The lowest BCUT2D eigenvalue weighted by atomic mass is 9.85. The molecule has 2 aromatic rings. The molecule has 2 rings (SSSR count). The Morgan fingerprint density at radius 1 is 0.818 bits per heavy atom. The van der Waals surface area contributed by atoms with Gasteiger partial charge in [-0.2, -0.15) is 0 Å². The summed E-state index contributed by atoms with van der Waals surface area (Å²) < 4.78 is 10.9. The third-order valence-electron chi connectivity index (χ3n) is 3.86. The van der Waals surface area contributed by atoms with Crippen LogP contribution in [-0.2, 0) is 4.74 Å². The fraction of sp³-hybridized carbons (Fsp3) is 0.400. The molecule has 2 heteroatoms. The molecular formula is C20H26O2. The smallest absolute Gasteiger partial charge is 0.188 e. The Morgan fingerprint density at radius 2 is 1.41 bits per heavy atom. The molecular weight excluding hydrogens is 272 g/mol. The topological polar surface area (TPSA) is 18.5 Å². The van der Waals surface area contributed by atoms with Gasteiger partial charge in [0.15, 0.2) is 6.79 Å². The largest absolute Gasteiger partial charge is 0.467 e. The number of rotatable bonds is 6. The third-order valence-corrected chi connectivity index (χ3v) is 3.86. The summed E-state index contributed by atoms with van der Waals surface area (Å²) in [7, 11) is 1.64. The summed E-state index contributed by atoms with van der Waals surface area (Å²) in [6, 6.07) is 14.8. The molecule has 0 fully saturated rings. The number of para-hydroxylation sites is 1. The predicted molar refractivity (Wildman–Crippen MR) is 92.6 cm³/mol. The number of ether oxygens (including phenoxy) is 2. The van der Waals surface area contributed by atoms with Gasteiger partial charge in [-0.05, 0) is 34.6 Å². The molecule has 0 heterocycles. The van der Waals surface area contributed by atoms with Gasteiger partial charge in [0, 0.05) is 12.7 Å².